The van der Waals surface area contributed by atoms with Crippen molar-refractivity contribution in [3.05, 3.63) is 54.1 Å². The van der Waals surface area contributed by atoms with Gasteiger partial charge in [0.1, 0.15) is 23.2 Å². The Morgan fingerprint density at radius 3 is 2.25 bits per heavy atom. The third kappa shape index (κ3) is 8.14. The van der Waals surface area contributed by atoms with Gasteiger partial charge in [-0.3, -0.25) is 14.4 Å². The smallest absolute Gasteiger partial charge is 0.408 e. The van der Waals surface area contributed by atoms with Crippen LogP contribution < -0.4 is 16.0 Å². The van der Waals surface area contributed by atoms with Crippen LogP contribution in [0.15, 0.2) is 42.9 Å². The molecule has 1 aromatic heterocycles. The molecule has 2 heterocycles. The van der Waals surface area contributed by atoms with Gasteiger partial charge in [0.25, 0.3) is 0 Å². The fraction of sp³-hybridized carbons (Fsp3) is 0.548. The summed E-state index contributed by atoms with van der Waals surface area (Å²) in [4.78, 5) is 72.0. The third-order valence-electron chi connectivity index (χ3n) is 7.47. The Bertz CT molecular complexity index is 1370. The van der Waals surface area contributed by atoms with Crippen LogP contribution in [0.3, 0.4) is 0 Å². The molecular formula is C31H44N6O7. The van der Waals surface area contributed by atoms with E-state index >= 15 is 0 Å². The van der Waals surface area contributed by atoms with Gasteiger partial charge >= 0.3 is 12.1 Å². The summed E-state index contributed by atoms with van der Waals surface area (Å²) in [5.74, 6) is -2.30. The van der Waals surface area contributed by atoms with E-state index in [4.69, 9.17) is 9.47 Å². The predicted octanol–water partition coefficient (Wildman–Crippen LogP) is 1.95. The monoisotopic (exact) mass is 612 g/mol. The summed E-state index contributed by atoms with van der Waals surface area (Å²) in [6, 6.07) is 6.73. The second-order valence-electron chi connectivity index (χ2n) is 12.6. The number of rotatable bonds is 10. The fourth-order valence-electron chi connectivity index (χ4n) is 4.99. The Balaban J connectivity index is 1.78. The quantitative estimate of drug-likeness (QED) is 0.343. The van der Waals surface area contributed by atoms with Crippen molar-refractivity contribution >= 4 is 29.8 Å². The lowest BCUT2D eigenvalue weighted by Crippen LogP contribution is -2.63. The fourth-order valence-corrected chi connectivity index (χ4v) is 4.99. The lowest BCUT2D eigenvalue weighted by molar-refractivity contribution is -0.152. The van der Waals surface area contributed by atoms with Gasteiger partial charge in [0.2, 0.25) is 17.7 Å². The van der Waals surface area contributed by atoms with Crippen molar-refractivity contribution < 1.29 is 33.4 Å². The molecule has 1 aliphatic rings. The summed E-state index contributed by atoms with van der Waals surface area (Å²) < 4.78 is 12.1. The molecule has 0 bridgehead atoms. The van der Waals surface area contributed by atoms with Crippen LogP contribution in [-0.2, 0) is 47.7 Å². The van der Waals surface area contributed by atoms with E-state index in [0.717, 1.165) is 0 Å². The van der Waals surface area contributed by atoms with Gasteiger partial charge in [-0.15, -0.1) is 0 Å². The molecule has 1 saturated heterocycles. The van der Waals surface area contributed by atoms with Gasteiger partial charge in [-0.05, 0) is 59.9 Å². The number of ether oxygens (including phenoxy) is 2. The molecule has 0 saturated carbocycles. The van der Waals surface area contributed by atoms with Crippen molar-refractivity contribution in [2.24, 2.45) is 7.05 Å². The lowest BCUT2D eigenvalue weighted by atomic mass is 9.90. The average molecular weight is 613 g/mol. The first-order valence-corrected chi connectivity index (χ1v) is 14.5. The van der Waals surface area contributed by atoms with Gasteiger partial charge < -0.3 is 34.9 Å². The van der Waals surface area contributed by atoms with Crippen molar-refractivity contribution in [1.82, 2.24) is 30.4 Å². The maximum atomic E-state index is 13.9. The Kier molecular flexibility index (Phi) is 10.4. The number of nitrogens with one attached hydrogen (secondary N) is 3. The minimum Gasteiger partial charge on any atom is -0.467 e. The molecular weight excluding hydrogens is 568 g/mol. The van der Waals surface area contributed by atoms with E-state index in [2.05, 4.69) is 20.9 Å². The summed E-state index contributed by atoms with van der Waals surface area (Å²) in [7, 11) is 3.01. The summed E-state index contributed by atoms with van der Waals surface area (Å²) in [6.07, 6.45) is 3.47. The van der Waals surface area contributed by atoms with Gasteiger partial charge in [-0.25, -0.2) is 14.6 Å². The molecule has 0 aliphatic carbocycles. The van der Waals surface area contributed by atoms with E-state index in [1.807, 2.05) is 0 Å². The highest BCUT2D eigenvalue weighted by Crippen LogP contribution is 2.25. The topological polar surface area (TPSA) is 161 Å². The number of nitrogens with zero attached hydrogens (tertiary/aromatic N) is 3. The zero-order valence-corrected chi connectivity index (χ0v) is 26.7. The molecule has 1 fully saturated rings. The number of alkyl carbamates (subject to hydrolysis) is 1. The first-order valence-electron chi connectivity index (χ1n) is 14.5. The zero-order valence-electron chi connectivity index (χ0n) is 26.7. The maximum Gasteiger partial charge on any atom is 0.408 e. The van der Waals surface area contributed by atoms with E-state index in [1.165, 1.54) is 32.8 Å². The summed E-state index contributed by atoms with van der Waals surface area (Å²) >= 11 is 0. The van der Waals surface area contributed by atoms with Crippen LogP contribution in [0.2, 0.25) is 0 Å². The SMILES string of the molecule is COC(=O)[C@@](C)(NC(=O)C(C)(C)NC(=O)[C@H]1CCCN1C(=O)[C@H](Cc1cncn1C)NC(=O)OC(C)(C)C)c1ccccc1. The van der Waals surface area contributed by atoms with E-state index in [-0.39, 0.29) is 13.0 Å². The lowest BCUT2D eigenvalue weighted by Gasteiger charge is -2.35. The van der Waals surface area contributed by atoms with E-state index in [9.17, 15) is 24.0 Å². The Morgan fingerprint density at radius 2 is 1.68 bits per heavy atom. The van der Waals surface area contributed by atoms with Crippen molar-refractivity contribution in [3.63, 3.8) is 0 Å². The van der Waals surface area contributed by atoms with Crippen molar-refractivity contribution in [1.29, 1.82) is 0 Å². The Hall–Kier alpha value is -4.42. The molecule has 0 spiro atoms. The highest BCUT2D eigenvalue weighted by atomic mass is 16.6. The number of carbonyl (C=O) groups is 5. The molecule has 3 atom stereocenters. The first kappa shape index (κ1) is 34.1. The van der Waals surface area contributed by atoms with Crippen molar-refractivity contribution in [2.75, 3.05) is 13.7 Å². The summed E-state index contributed by atoms with van der Waals surface area (Å²) in [5, 5.41) is 8.16. The Morgan fingerprint density at radius 1 is 1.02 bits per heavy atom. The van der Waals surface area contributed by atoms with Gasteiger partial charge in [-0.1, -0.05) is 30.3 Å². The number of esters is 1. The third-order valence-corrected chi connectivity index (χ3v) is 7.47. The largest absolute Gasteiger partial charge is 0.467 e. The molecule has 13 nitrogen and oxygen atoms in total. The van der Waals surface area contributed by atoms with Gasteiger partial charge in [0.15, 0.2) is 5.54 Å². The molecule has 13 heteroatoms. The van der Waals surface area contributed by atoms with Crippen LogP contribution in [0.4, 0.5) is 4.79 Å². The van der Waals surface area contributed by atoms with Gasteiger partial charge in [-0.2, -0.15) is 0 Å². The van der Waals surface area contributed by atoms with Gasteiger partial charge in [0, 0.05) is 31.9 Å². The maximum absolute atomic E-state index is 13.9. The van der Waals surface area contributed by atoms with Crippen LogP contribution in [0.5, 0.6) is 0 Å². The minimum absolute atomic E-state index is 0.124. The number of aryl methyl sites for hydroxylation is 1. The molecule has 44 heavy (non-hydrogen) atoms. The van der Waals surface area contributed by atoms with Crippen LogP contribution in [0.25, 0.3) is 0 Å². The molecule has 1 aromatic carbocycles. The number of aromatic nitrogens is 2. The number of likely N-dealkylation sites (tertiary alicyclic amines) is 1. The summed E-state index contributed by atoms with van der Waals surface area (Å²) in [5.41, 5.74) is -2.56. The van der Waals surface area contributed by atoms with Crippen LogP contribution in [0, 0.1) is 0 Å². The first-order chi connectivity index (χ1) is 20.5. The number of amides is 4. The zero-order chi connectivity index (χ0) is 32.9. The highest BCUT2D eigenvalue weighted by molar-refractivity contribution is 5.97. The van der Waals surface area contributed by atoms with E-state index in [0.29, 0.717) is 24.1 Å². The summed E-state index contributed by atoms with van der Waals surface area (Å²) in [6.45, 7) is 10.0. The normalized spacial score (nSPS) is 17.2. The van der Waals surface area contributed by atoms with Crippen LogP contribution >= 0.6 is 0 Å². The average Bonchev–Trinajstić information content (AvgIpc) is 3.60. The predicted molar refractivity (Wildman–Crippen MR) is 161 cm³/mol. The van der Waals surface area contributed by atoms with E-state index < -0.39 is 58.5 Å². The molecule has 0 unspecified atom stereocenters. The molecule has 0 radical (unpaired) electrons. The number of carbonyl (C=O) groups excluding carboxylic acids is 5. The number of hydrogen-bond acceptors (Lipinski definition) is 8. The second kappa shape index (κ2) is 13.5. The molecule has 1 aliphatic heterocycles. The molecule has 3 N–H and O–H groups in total. The highest BCUT2D eigenvalue weighted by Gasteiger charge is 2.44. The van der Waals surface area contributed by atoms with Gasteiger partial charge in [0.05, 0.1) is 13.4 Å². The van der Waals surface area contributed by atoms with Crippen LogP contribution in [0.1, 0.15) is 65.6 Å². The molecule has 2 aromatic rings. The van der Waals surface area contributed by atoms with Crippen LogP contribution in [-0.4, -0.2) is 81.1 Å². The number of imidazole rings is 1. The second-order valence-corrected chi connectivity index (χ2v) is 12.6. The standard InChI is InChI=1S/C31H44N6O7/c1-29(2,3)44-28(42)33-22(17-21-18-32-19-36(21)7)25(39)37-16-12-15-23(37)24(38)34-30(4,5)26(40)35-31(6,27(41)43-8)20-13-10-9-11-14-20/h9-11,13-14,18-19,22-23H,12,15-17H2,1-8H3,(H,33,42)(H,34,38)(H,35,40)/t22-,23+,31-/m0/s1. The number of hydrogen-bond donors (Lipinski definition) is 3. The molecule has 240 valence electrons. The molecule has 3 rings (SSSR count). The minimum atomic E-state index is -1.52. The van der Waals surface area contributed by atoms with Crippen molar-refractivity contribution in [2.45, 2.75) is 89.6 Å². The Labute approximate surface area is 258 Å². The van der Waals surface area contributed by atoms with Crippen molar-refractivity contribution in [3.8, 4) is 0 Å². The van der Waals surface area contributed by atoms with E-state index in [1.54, 1.807) is 75.2 Å². The number of benzene rings is 1. The molecule has 4 amide bonds. The number of methoxy groups -OCH3 is 1.